The molecule has 4 nitrogen and oxygen atoms in total. The number of furan rings is 1. The van der Waals surface area contributed by atoms with Crippen molar-refractivity contribution in [3.63, 3.8) is 0 Å². The molecule has 102 valence electrons. The van der Waals surface area contributed by atoms with E-state index in [1.54, 1.807) is 12.1 Å². The van der Waals surface area contributed by atoms with Crippen LogP contribution in [0.5, 0.6) is 0 Å². The fraction of sp³-hybridized carbons (Fsp3) is 0.250. The third-order valence-corrected chi connectivity index (χ3v) is 2.95. The highest BCUT2D eigenvalue weighted by atomic mass is 16.3. The van der Waals surface area contributed by atoms with Crippen LogP contribution in [0, 0.1) is 31.1 Å². The van der Waals surface area contributed by atoms with E-state index in [0.29, 0.717) is 11.4 Å². The van der Waals surface area contributed by atoms with E-state index in [4.69, 9.17) is 9.68 Å². The van der Waals surface area contributed by atoms with Crippen LogP contribution in [0.3, 0.4) is 0 Å². The van der Waals surface area contributed by atoms with E-state index in [-0.39, 0.29) is 12.3 Å². The highest BCUT2D eigenvalue weighted by Gasteiger charge is 2.20. The number of hydrogen-bond acceptors (Lipinski definition) is 3. The quantitative estimate of drug-likeness (QED) is 0.925. The summed E-state index contributed by atoms with van der Waals surface area (Å²) < 4.78 is 5.17. The van der Waals surface area contributed by atoms with Crippen LogP contribution in [-0.2, 0) is 11.2 Å². The Morgan fingerprint density at radius 1 is 1.35 bits per heavy atom. The van der Waals surface area contributed by atoms with E-state index in [0.717, 1.165) is 11.1 Å². The molecule has 0 radical (unpaired) electrons. The normalized spacial score (nSPS) is 11.7. The summed E-state index contributed by atoms with van der Waals surface area (Å²) >= 11 is 0. The van der Waals surface area contributed by atoms with Crippen LogP contribution in [0.4, 0.5) is 5.69 Å². The van der Waals surface area contributed by atoms with E-state index < -0.39 is 5.92 Å². The summed E-state index contributed by atoms with van der Waals surface area (Å²) in [6, 6.07) is 11.3. The number of rotatable bonds is 4. The van der Waals surface area contributed by atoms with Gasteiger partial charge in [0.1, 0.15) is 11.7 Å². The van der Waals surface area contributed by atoms with E-state index in [1.165, 1.54) is 6.26 Å². The molecule has 0 aliphatic carbocycles. The zero-order chi connectivity index (χ0) is 14.5. The summed E-state index contributed by atoms with van der Waals surface area (Å²) in [6.07, 6.45) is 1.81. The molecule has 0 saturated carbocycles. The molecule has 20 heavy (non-hydrogen) atoms. The van der Waals surface area contributed by atoms with Gasteiger partial charge in [-0.1, -0.05) is 6.07 Å². The average molecular weight is 268 g/mol. The number of hydrogen-bond donors (Lipinski definition) is 1. The lowest BCUT2D eigenvalue weighted by molar-refractivity contribution is -0.118. The minimum Gasteiger partial charge on any atom is -0.469 e. The predicted octanol–water partition coefficient (Wildman–Crippen LogP) is 3.22. The summed E-state index contributed by atoms with van der Waals surface area (Å²) in [5, 5.41) is 11.9. The van der Waals surface area contributed by atoms with E-state index in [2.05, 4.69) is 5.32 Å². The van der Waals surface area contributed by atoms with Crippen LogP contribution in [0.25, 0.3) is 0 Å². The van der Waals surface area contributed by atoms with Crippen LogP contribution in [-0.4, -0.2) is 5.91 Å². The number of nitrogens with zero attached hydrogens (tertiary/aromatic N) is 1. The molecule has 1 atom stereocenters. The molecule has 0 spiro atoms. The van der Waals surface area contributed by atoms with E-state index >= 15 is 0 Å². The molecule has 2 rings (SSSR count). The van der Waals surface area contributed by atoms with Gasteiger partial charge in [-0.2, -0.15) is 5.26 Å². The number of amides is 1. The number of nitriles is 1. The molecule has 1 unspecified atom stereocenters. The Kier molecular flexibility index (Phi) is 4.21. The Labute approximate surface area is 118 Å². The third-order valence-electron chi connectivity index (χ3n) is 2.95. The van der Waals surface area contributed by atoms with Gasteiger partial charge in [0.25, 0.3) is 0 Å². The van der Waals surface area contributed by atoms with Gasteiger partial charge in [0.15, 0.2) is 0 Å². The number of carbonyl (C=O) groups excluding carboxylic acids is 1. The lowest BCUT2D eigenvalue weighted by Gasteiger charge is -2.10. The molecule has 1 aromatic carbocycles. The van der Waals surface area contributed by atoms with E-state index in [9.17, 15) is 4.79 Å². The first kappa shape index (κ1) is 13.9. The van der Waals surface area contributed by atoms with Gasteiger partial charge in [-0.05, 0) is 49.2 Å². The van der Waals surface area contributed by atoms with Crippen molar-refractivity contribution in [2.45, 2.75) is 20.3 Å². The van der Waals surface area contributed by atoms with Crippen LogP contribution >= 0.6 is 0 Å². The Hall–Kier alpha value is -2.54. The first-order chi connectivity index (χ1) is 9.58. The first-order valence-electron chi connectivity index (χ1n) is 6.39. The maximum Gasteiger partial charge on any atom is 0.242 e. The van der Waals surface area contributed by atoms with Gasteiger partial charge in [0.05, 0.1) is 12.3 Å². The van der Waals surface area contributed by atoms with Crippen molar-refractivity contribution < 1.29 is 9.21 Å². The van der Waals surface area contributed by atoms with Gasteiger partial charge >= 0.3 is 0 Å². The van der Waals surface area contributed by atoms with E-state index in [1.807, 2.05) is 38.1 Å². The molecule has 1 aromatic heterocycles. The smallest absolute Gasteiger partial charge is 0.242 e. The second-order valence-electron chi connectivity index (χ2n) is 4.83. The van der Waals surface area contributed by atoms with Gasteiger partial charge in [0.2, 0.25) is 5.91 Å². The SMILES string of the molecule is Cc1cc(C)cc(NC(=O)C(C#N)Cc2ccco2)c1. The maximum absolute atomic E-state index is 12.1. The summed E-state index contributed by atoms with van der Waals surface area (Å²) in [5.41, 5.74) is 2.85. The largest absolute Gasteiger partial charge is 0.469 e. The Morgan fingerprint density at radius 2 is 2.05 bits per heavy atom. The molecule has 0 aliphatic rings. The van der Waals surface area contributed by atoms with Gasteiger partial charge in [0, 0.05) is 12.1 Å². The first-order valence-corrected chi connectivity index (χ1v) is 6.39. The van der Waals surface area contributed by atoms with Gasteiger partial charge < -0.3 is 9.73 Å². The molecule has 0 aliphatic heterocycles. The van der Waals surface area contributed by atoms with Crippen molar-refractivity contribution in [2.75, 3.05) is 5.32 Å². The molecule has 4 heteroatoms. The van der Waals surface area contributed by atoms with Crippen LogP contribution < -0.4 is 5.32 Å². The molecular formula is C16H16N2O2. The highest BCUT2D eigenvalue weighted by Crippen LogP contribution is 2.16. The van der Waals surface area contributed by atoms with Crippen molar-refractivity contribution in [1.29, 1.82) is 5.26 Å². The Balaban J connectivity index is 2.07. The standard InChI is InChI=1S/C16H16N2O2/c1-11-6-12(2)8-14(7-11)18-16(19)13(10-17)9-15-4-3-5-20-15/h3-8,13H,9H2,1-2H3,(H,18,19). The minimum absolute atomic E-state index is 0.278. The van der Waals surface area contributed by atoms with Crippen molar-refractivity contribution in [2.24, 2.45) is 5.92 Å². The molecule has 0 fully saturated rings. The topological polar surface area (TPSA) is 66.0 Å². The van der Waals surface area contributed by atoms with Crippen molar-refractivity contribution in [3.8, 4) is 6.07 Å². The number of anilines is 1. The third kappa shape index (κ3) is 3.48. The molecule has 0 saturated heterocycles. The fourth-order valence-electron chi connectivity index (χ4n) is 2.10. The molecule has 1 N–H and O–H groups in total. The Morgan fingerprint density at radius 3 is 2.60 bits per heavy atom. The van der Waals surface area contributed by atoms with Gasteiger partial charge in [-0.25, -0.2) is 0 Å². The second kappa shape index (κ2) is 6.07. The summed E-state index contributed by atoms with van der Waals surface area (Å²) in [6.45, 7) is 3.93. The van der Waals surface area contributed by atoms with Crippen molar-refractivity contribution in [3.05, 3.63) is 53.5 Å². The molecular weight excluding hydrogens is 252 g/mol. The minimum atomic E-state index is -0.762. The molecule has 2 aromatic rings. The average Bonchev–Trinajstić information content (AvgIpc) is 2.87. The summed E-state index contributed by atoms with van der Waals surface area (Å²) in [7, 11) is 0. The number of nitrogens with one attached hydrogen (secondary N) is 1. The zero-order valence-corrected chi connectivity index (χ0v) is 11.5. The Bertz CT molecular complexity index is 619. The second-order valence-corrected chi connectivity index (χ2v) is 4.83. The van der Waals surface area contributed by atoms with Crippen LogP contribution in [0.15, 0.2) is 41.0 Å². The van der Waals surface area contributed by atoms with Gasteiger partial charge in [-0.15, -0.1) is 0 Å². The molecule has 0 bridgehead atoms. The highest BCUT2D eigenvalue weighted by molar-refractivity contribution is 5.94. The maximum atomic E-state index is 12.1. The van der Waals surface area contributed by atoms with Crippen LogP contribution in [0.1, 0.15) is 16.9 Å². The summed E-state index contributed by atoms with van der Waals surface area (Å²) in [4.78, 5) is 12.1. The molecule has 1 heterocycles. The zero-order valence-electron chi connectivity index (χ0n) is 11.5. The van der Waals surface area contributed by atoms with Gasteiger partial charge in [-0.3, -0.25) is 4.79 Å². The number of carbonyl (C=O) groups is 1. The van der Waals surface area contributed by atoms with Crippen molar-refractivity contribution >= 4 is 11.6 Å². The van der Waals surface area contributed by atoms with Crippen molar-refractivity contribution in [1.82, 2.24) is 0 Å². The van der Waals surface area contributed by atoms with Crippen LogP contribution in [0.2, 0.25) is 0 Å². The lowest BCUT2D eigenvalue weighted by atomic mass is 10.0. The monoisotopic (exact) mass is 268 g/mol. The number of aryl methyl sites for hydroxylation is 2. The fourth-order valence-corrected chi connectivity index (χ4v) is 2.10. The predicted molar refractivity (Wildman–Crippen MR) is 76.1 cm³/mol. The molecule has 1 amide bonds. The number of benzene rings is 1. The summed E-state index contributed by atoms with van der Waals surface area (Å²) in [5.74, 6) is -0.442. The lowest BCUT2D eigenvalue weighted by Crippen LogP contribution is -2.23.